The van der Waals surface area contributed by atoms with Crippen molar-refractivity contribution >= 4 is 0 Å². The second-order valence-corrected chi connectivity index (χ2v) is 5.64. The largest absolute Gasteiger partial charge is 0.390 e. The molecular formula is C14H22N6O. The minimum Gasteiger partial charge on any atom is -0.390 e. The highest BCUT2D eigenvalue weighted by atomic mass is 16.3. The van der Waals surface area contributed by atoms with Crippen molar-refractivity contribution in [3.63, 3.8) is 0 Å². The van der Waals surface area contributed by atoms with Gasteiger partial charge in [0, 0.05) is 25.0 Å². The van der Waals surface area contributed by atoms with E-state index >= 15 is 0 Å². The summed E-state index contributed by atoms with van der Waals surface area (Å²) in [7, 11) is 0. The summed E-state index contributed by atoms with van der Waals surface area (Å²) in [5.41, 5.74) is 0. The normalized spacial score (nSPS) is 21.5. The van der Waals surface area contributed by atoms with Crippen LogP contribution in [0.1, 0.15) is 19.3 Å². The monoisotopic (exact) mass is 290 g/mol. The lowest BCUT2D eigenvalue weighted by Gasteiger charge is -2.36. The van der Waals surface area contributed by atoms with Crippen LogP contribution in [-0.2, 0) is 13.1 Å². The van der Waals surface area contributed by atoms with Crippen LogP contribution in [0.4, 0.5) is 0 Å². The Balaban J connectivity index is 1.56. The number of hydrogen-bond acceptors (Lipinski definition) is 5. The Morgan fingerprint density at radius 2 is 2.14 bits per heavy atom. The fourth-order valence-electron chi connectivity index (χ4n) is 3.00. The van der Waals surface area contributed by atoms with Crippen molar-refractivity contribution in [2.75, 3.05) is 13.1 Å². The van der Waals surface area contributed by atoms with Crippen LogP contribution in [0, 0.1) is 0 Å². The van der Waals surface area contributed by atoms with E-state index in [1.165, 1.54) is 12.8 Å². The molecule has 0 amide bonds. The molecule has 0 aromatic carbocycles. The van der Waals surface area contributed by atoms with Gasteiger partial charge in [0.1, 0.15) is 12.7 Å². The quantitative estimate of drug-likeness (QED) is 0.833. The Labute approximate surface area is 124 Å². The molecule has 1 saturated heterocycles. The van der Waals surface area contributed by atoms with E-state index in [1.54, 1.807) is 23.5 Å². The second kappa shape index (κ2) is 6.82. The molecule has 0 saturated carbocycles. The Morgan fingerprint density at radius 1 is 1.19 bits per heavy atom. The van der Waals surface area contributed by atoms with Crippen LogP contribution >= 0.6 is 0 Å². The minimum atomic E-state index is -0.402. The molecule has 3 heterocycles. The van der Waals surface area contributed by atoms with E-state index in [1.807, 2.05) is 16.9 Å². The highest BCUT2D eigenvalue weighted by Crippen LogP contribution is 2.18. The molecule has 21 heavy (non-hydrogen) atoms. The third-order valence-corrected chi connectivity index (χ3v) is 4.02. The van der Waals surface area contributed by atoms with Gasteiger partial charge in [-0.25, -0.2) is 4.98 Å². The Bertz CT molecular complexity index is 512. The standard InChI is InChI=1S/C14H22N6O/c21-14(10-19-7-3-5-16-19)9-18-6-2-1-4-13(18)8-20-12-15-11-17-20/h3,5,7,11-14,21H,1-2,4,6,8-10H2/t13-,14-/m0/s1. The van der Waals surface area contributed by atoms with Crippen molar-refractivity contribution in [3.8, 4) is 0 Å². The predicted molar refractivity (Wildman–Crippen MR) is 77.5 cm³/mol. The molecule has 0 bridgehead atoms. The van der Waals surface area contributed by atoms with Gasteiger partial charge in [0.15, 0.2) is 0 Å². The van der Waals surface area contributed by atoms with Crippen molar-refractivity contribution in [2.45, 2.75) is 44.5 Å². The fraction of sp³-hybridized carbons (Fsp3) is 0.643. The maximum atomic E-state index is 10.3. The highest BCUT2D eigenvalue weighted by Gasteiger charge is 2.25. The molecule has 1 aliphatic rings. The molecule has 114 valence electrons. The van der Waals surface area contributed by atoms with Gasteiger partial charge in [-0.1, -0.05) is 6.42 Å². The summed E-state index contributed by atoms with van der Waals surface area (Å²) in [6, 6.07) is 2.30. The molecule has 3 rings (SSSR count). The van der Waals surface area contributed by atoms with Crippen LogP contribution in [-0.4, -0.2) is 59.8 Å². The maximum Gasteiger partial charge on any atom is 0.137 e. The molecule has 7 heteroatoms. The van der Waals surface area contributed by atoms with Crippen molar-refractivity contribution < 1.29 is 5.11 Å². The van der Waals surface area contributed by atoms with Crippen LogP contribution in [0.15, 0.2) is 31.1 Å². The first kappa shape index (κ1) is 14.2. The Morgan fingerprint density at radius 3 is 2.90 bits per heavy atom. The summed E-state index contributed by atoms with van der Waals surface area (Å²) >= 11 is 0. The minimum absolute atomic E-state index is 0.402. The first-order chi connectivity index (χ1) is 10.3. The highest BCUT2D eigenvalue weighted by molar-refractivity contribution is 4.82. The van der Waals surface area contributed by atoms with E-state index in [0.717, 1.165) is 19.5 Å². The van der Waals surface area contributed by atoms with Gasteiger partial charge in [0.05, 0.1) is 19.2 Å². The topological polar surface area (TPSA) is 72.0 Å². The van der Waals surface area contributed by atoms with Gasteiger partial charge in [0.2, 0.25) is 0 Å². The van der Waals surface area contributed by atoms with E-state index in [4.69, 9.17) is 0 Å². The average molecular weight is 290 g/mol. The van der Waals surface area contributed by atoms with E-state index in [9.17, 15) is 5.11 Å². The smallest absolute Gasteiger partial charge is 0.137 e. The molecule has 0 aliphatic carbocycles. The summed E-state index contributed by atoms with van der Waals surface area (Å²) in [5, 5.41) is 18.6. The summed E-state index contributed by atoms with van der Waals surface area (Å²) in [6.45, 7) is 3.10. The van der Waals surface area contributed by atoms with Crippen LogP contribution in [0.3, 0.4) is 0 Å². The molecule has 1 fully saturated rings. The van der Waals surface area contributed by atoms with Gasteiger partial charge in [-0.05, 0) is 25.5 Å². The van der Waals surface area contributed by atoms with Crippen LogP contribution in [0.2, 0.25) is 0 Å². The average Bonchev–Trinajstić information content (AvgIpc) is 3.14. The lowest BCUT2D eigenvalue weighted by atomic mass is 10.0. The molecule has 2 aromatic rings. The first-order valence-corrected chi connectivity index (χ1v) is 7.53. The lowest BCUT2D eigenvalue weighted by molar-refractivity contribution is 0.0496. The summed E-state index contributed by atoms with van der Waals surface area (Å²) < 4.78 is 3.66. The van der Waals surface area contributed by atoms with Crippen molar-refractivity contribution in [3.05, 3.63) is 31.1 Å². The van der Waals surface area contributed by atoms with E-state index in [2.05, 4.69) is 20.1 Å². The van der Waals surface area contributed by atoms with Gasteiger partial charge in [-0.2, -0.15) is 10.2 Å². The number of aromatic nitrogens is 5. The van der Waals surface area contributed by atoms with Crippen LogP contribution in [0.5, 0.6) is 0 Å². The summed E-state index contributed by atoms with van der Waals surface area (Å²) in [6.07, 6.45) is 10.1. The number of aliphatic hydroxyl groups is 1. The predicted octanol–water partition coefficient (Wildman–Crippen LogP) is 0.390. The zero-order chi connectivity index (χ0) is 14.5. The van der Waals surface area contributed by atoms with Gasteiger partial charge < -0.3 is 5.11 Å². The summed E-state index contributed by atoms with van der Waals surface area (Å²) in [4.78, 5) is 6.37. The molecule has 2 aromatic heterocycles. The van der Waals surface area contributed by atoms with Crippen LogP contribution in [0.25, 0.3) is 0 Å². The second-order valence-electron chi connectivity index (χ2n) is 5.64. The van der Waals surface area contributed by atoms with Gasteiger partial charge >= 0.3 is 0 Å². The van der Waals surface area contributed by atoms with Gasteiger partial charge in [-0.3, -0.25) is 14.3 Å². The number of rotatable bonds is 6. The number of hydrogen-bond donors (Lipinski definition) is 1. The zero-order valence-electron chi connectivity index (χ0n) is 12.1. The molecule has 7 nitrogen and oxygen atoms in total. The van der Waals surface area contributed by atoms with Crippen molar-refractivity contribution in [2.24, 2.45) is 0 Å². The van der Waals surface area contributed by atoms with E-state index in [0.29, 0.717) is 19.1 Å². The number of piperidine rings is 1. The molecule has 0 spiro atoms. The number of β-amino-alcohol motifs (C(OH)–C–C–N with tert-alkyl or cyclic N) is 1. The SMILES string of the molecule is O[C@@H](CN1CCCC[C@H]1Cn1cncn1)Cn1cccn1. The summed E-state index contributed by atoms with van der Waals surface area (Å²) in [5.74, 6) is 0. The molecule has 2 atom stereocenters. The van der Waals surface area contributed by atoms with Crippen molar-refractivity contribution in [1.82, 2.24) is 29.4 Å². The molecule has 0 radical (unpaired) electrons. The number of nitrogens with zero attached hydrogens (tertiary/aromatic N) is 6. The third kappa shape index (κ3) is 3.89. The maximum absolute atomic E-state index is 10.3. The van der Waals surface area contributed by atoms with Gasteiger partial charge in [0.25, 0.3) is 0 Å². The van der Waals surface area contributed by atoms with E-state index < -0.39 is 6.10 Å². The Kier molecular flexibility index (Phi) is 4.62. The first-order valence-electron chi connectivity index (χ1n) is 7.53. The Hall–Kier alpha value is -1.73. The lowest BCUT2D eigenvalue weighted by Crippen LogP contribution is -2.46. The molecule has 1 aliphatic heterocycles. The molecule has 1 N–H and O–H groups in total. The zero-order valence-corrected chi connectivity index (χ0v) is 12.1. The fourth-order valence-corrected chi connectivity index (χ4v) is 3.00. The number of aliphatic hydroxyl groups excluding tert-OH is 1. The van der Waals surface area contributed by atoms with Crippen LogP contribution < -0.4 is 0 Å². The molecule has 0 unspecified atom stereocenters. The van der Waals surface area contributed by atoms with Gasteiger partial charge in [-0.15, -0.1) is 0 Å². The van der Waals surface area contributed by atoms with E-state index in [-0.39, 0.29) is 0 Å². The number of likely N-dealkylation sites (tertiary alicyclic amines) is 1. The molecular weight excluding hydrogens is 268 g/mol. The third-order valence-electron chi connectivity index (χ3n) is 4.02. The van der Waals surface area contributed by atoms with Crippen molar-refractivity contribution in [1.29, 1.82) is 0 Å².